The standard InChI is InChI=1S/C18H18F2N4O3/c19-18(20)7-12(8-18)22-16(26)15-10-23(9-13-4-5-21-24(13)15)17(27)11-2-1-3-14(25)6-11/h1-6,12,15,25H,7-10H2,(H,22,26)/t15-/m1/s1. The van der Waals surface area contributed by atoms with Gasteiger partial charge < -0.3 is 15.3 Å². The van der Waals surface area contributed by atoms with Crippen molar-refractivity contribution in [2.45, 2.75) is 37.4 Å². The number of hydrogen-bond donors (Lipinski definition) is 2. The maximum absolute atomic E-state index is 13.0. The number of alkyl halides is 2. The molecule has 1 atom stereocenters. The first kappa shape index (κ1) is 17.4. The van der Waals surface area contributed by atoms with E-state index in [0.29, 0.717) is 11.3 Å². The van der Waals surface area contributed by atoms with Gasteiger partial charge in [-0.3, -0.25) is 14.3 Å². The van der Waals surface area contributed by atoms with E-state index in [2.05, 4.69) is 10.4 Å². The lowest BCUT2D eigenvalue weighted by molar-refractivity contribution is -0.133. The Balaban J connectivity index is 1.52. The molecule has 0 saturated heterocycles. The Kier molecular flexibility index (Phi) is 4.09. The van der Waals surface area contributed by atoms with Gasteiger partial charge in [0.15, 0.2) is 0 Å². The molecule has 9 heteroatoms. The summed E-state index contributed by atoms with van der Waals surface area (Å²) in [5, 5.41) is 16.4. The van der Waals surface area contributed by atoms with Crippen molar-refractivity contribution in [3.63, 3.8) is 0 Å². The molecule has 2 aliphatic rings. The van der Waals surface area contributed by atoms with Crippen molar-refractivity contribution in [3.8, 4) is 5.75 Å². The normalized spacial score (nSPS) is 21.3. The van der Waals surface area contributed by atoms with Crippen molar-refractivity contribution in [1.29, 1.82) is 0 Å². The van der Waals surface area contributed by atoms with E-state index in [-0.39, 0.29) is 37.6 Å². The highest BCUT2D eigenvalue weighted by Crippen LogP contribution is 2.37. The van der Waals surface area contributed by atoms with Gasteiger partial charge in [-0.25, -0.2) is 8.78 Å². The largest absolute Gasteiger partial charge is 0.508 e. The molecule has 1 aromatic heterocycles. The van der Waals surface area contributed by atoms with E-state index >= 15 is 0 Å². The zero-order chi connectivity index (χ0) is 19.2. The van der Waals surface area contributed by atoms with Crippen LogP contribution in [0.3, 0.4) is 0 Å². The first-order chi connectivity index (χ1) is 12.8. The molecule has 1 aromatic carbocycles. The van der Waals surface area contributed by atoms with Crippen LogP contribution in [0.5, 0.6) is 5.75 Å². The van der Waals surface area contributed by atoms with Crippen LogP contribution in [0, 0.1) is 0 Å². The minimum atomic E-state index is -2.72. The van der Waals surface area contributed by atoms with Crippen molar-refractivity contribution in [2.75, 3.05) is 6.54 Å². The van der Waals surface area contributed by atoms with Gasteiger partial charge in [-0.2, -0.15) is 5.10 Å². The fraction of sp³-hybridized carbons (Fsp3) is 0.389. The minimum Gasteiger partial charge on any atom is -0.508 e. The van der Waals surface area contributed by atoms with E-state index < -0.39 is 23.9 Å². The number of hydrogen-bond acceptors (Lipinski definition) is 4. The van der Waals surface area contributed by atoms with Gasteiger partial charge in [0.25, 0.3) is 11.8 Å². The van der Waals surface area contributed by atoms with E-state index in [1.165, 1.54) is 27.9 Å². The van der Waals surface area contributed by atoms with Crippen LogP contribution in [0.4, 0.5) is 8.78 Å². The van der Waals surface area contributed by atoms with Gasteiger partial charge in [-0.05, 0) is 24.3 Å². The Bertz CT molecular complexity index is 890. The number of fused-ring (bicyclic) bond motifs is 1. The van der Waals surface area contributed by atoms with Crippen molar-refractivity contribution in [1.82, 2.24) is 20.0 Å². The summed E-state index contributed by atoms with van der Waals surface area (Å²) in [5.74, 6) is -3.51. The van der Waals surface area contributed by atoms with Crippen LogP contribution in [0.2, 0.25) is 0 Å². The molecule has 7 nitrogen and oxygen atoms in total. The fourth-order valence-corrected chi connectivity index (χ4v) is 3.52. The fourth-order valence-electron chi connectivity index (χ4n) is 3.52. The van der Waals surface area contributed by atoms with Crippen LogP contribution < -0.4 is 5.32 Å². The van der Waals surface area contributed by atoms with Crippen LogP contribution in [0.1, 0.15) is 34.9 Å². The zero-order valence-corrected chi connectivity index (χ0v) is 14.3. The summed E-state index contributed by atoms with van der Waals surface area (Å²) in [7, 11) is 0. The molecular formula is C18H18F2N4O3. The molecule has 2 heterocycles. The number of benzene rings is 1. The maximum atomic E-state index is 13.0. The zero-order valence-electron chi connectivity index (χ0n) is 14.3. The quantitative estimate of drug-likeness (QED) is 0.854. The van der Waals surface area contributed by atoms with Crippen molar-refractivity contribution in [2.24, 2.45) is 0 Å². The number of nitrogens with zero attached hydrogens (tertiary/aromatic N) is 3. The number of amides is 2. The molecule has 2 N–H and O–H groups in total. The maximum Gasteiger partial charge on any atom is 0.254 e. The van der Waals surface area contributed by atoms with Crippen molar-refractivity contribution < 1.29 is 23.5 Å². The van der Waals surface area contributed by atoms with Crippen LogP contribution in [-0.2, 0) is 11.3 Å². The average molecular weight is 376 g/mol. The van der Waals surface area contributed by atoms with Gasteiger partial charge in [0.2, 0.25) is 5.91 Å². The van der Waals surface area contributed by atoms with Crippen LogP contribution >= 0.6 is 0 Å². The number of rotatable bonds is 3. The predicted molar refractivity (Wildman–Crippen MR) is 90.2 cm³/mol. The molecule has 0 unspecified atom stereocenters. The van der Waals surface area contributed by atoms with Gasteiger partial charge in [0.05, 0.1) is 18.8 Å². The van der Waals surface area contributed by atoms with Gasteiger partial charge in [0, 0.05) is 30.6 Å². The van der Waals surface area contributed by atoms with E-state index in [1.54, 1.807) is 18.2 Å². The van der Waals surface area contributed by atoms with Gasteiger partial charge in [-0.1, -0.05) is 6.07 Å². The Morgan fingerprint density at radius 2 is 2.04 bits per heavy atom. The number of phenols is 1. The van der Waals surface area contributed by atoms with E-state index in [4.69, 9.17) is 0 Å². The lowest BCUT2D eigenvalue weighted by Gasteiger charge is -2.38. The molecule has 0 radical (unpaired) electrons. The number of nitrogens with one attached hydrogen (secondary N) is 1. The van der Waals surface area contributed by atoms with Gasteiger partial charge >= 0.3 is 0 Å². The molecule has 1 aliphatic heterocycles. The third-order valence-electron chi connectivity index (χ3n) is 4.91. The molecule has 1 saturated carbocycles. The summed E-state index contributed by atoms with van der Waals surface area (Å²) in [6.07, 6.45) is 0.794. The molecule has 27 heavy (non-hydrogen) atoms. The minimum absolute atomic E-state index is 0.0249. The highest BCUT2D eigenvalue weighted by molar-refractivity contribution is 5.95. The molecular weight excluding hydrogens is 358 g/mol. The number of carbonyl (C=O) groups is 2. The second kappa shape index (κ2) is 6.33. The second-order valence-electron chi connectivity index (χ2n) is 6.99. The Hall–Kier alpha value is -2.97. The summed E-state index contributed by atoms with van der Waals surface area (Å²) in [6, 6.07) is 6.33. The van der Waals surface area contributed by atoms with Crippen molar-refractivity contribution in [3.05, 3.63) is 47.8 Å². The number of halogens is 2. The number of aromatic nitrogens is 2. The highest BCUT2D eigenvalue weighted by atomic mass is 19.3. The van der Waals surface area contributed by atoms with E-state index in [0.717, 1.165) is 0 Å². The highest BCUT2D eigenvalue weighted by Gasteiger charge is 2.47. The number of phenolic OH excluding ortho intramolecular Hbond substituents is 1. The molecule has 142 valence electrons. The summed E-state index contributed by atoms with van der Waals surface area (Å²) in [5.41, 5.74) is 0.981. The average Bonchev–Trinajstić information content (AvgIpc) is 3.07. The number of aromatic hydroxyl groups is 1. The molecule has 1 fully saturated rings. The predicted octanol–water partition coefficient (Wildman–Crippen LogP) is 1.70. The molecule has 1 aliphatic carbocycles. The van der Waals surface area contributed by atoms with E-state index in [1.807, 2.05) is 0 Å². The SMILES string of the molecule is O=C(NC1CC(F)(F)C1)[C@H]1CN(C(=O)c2cccc(O)c2)Cc2ccnn21. The second-order valence-corrected chi connectivity index (χ2v) is 6.99. The monoisotopic (exact) mass is 376 g/mol. The third-order valence-corrected chi connectivity index (χ3v) is 4.91. The summed E-state index contributed by atoms with van der Waals surface area (Å²) >= 11 is 0. The third kappa shape index (κ3) is 3.36. The lowest BCUT2D eigenvalue weighted by atomic mass is 9.88. The van der Waals surface area contributed by atoms with Crippen molar-refractivity contribution >= 4 is 11.8 Å². The van der Waals surface area contributed by atoms with Crippen LogP contribution in [0.25, 0.3) is 0 Å². The topological polar surface area (TPSA) is 87.5 Å². The molecule has 4 rings (SSSR count). The first-order valence-corrected chi connectivity index (χ1v) is 8.61. The summed E-state index contributed by atoms with van der Waals surface area (Å²) < 4.78 is 27.6. The van der Waals surface area contributed by atoms with Crippen LogP contribution in [-0.4, -0.2) is 50.1 Å². The number of carbonyl (C=O) groups excluding carboxylic acids is 2. The first-order valence-electron chi connectivity index (χ1n) is 8.61. The summed E-state index contributed by atoms with van der Waals surface area (Å²) in [6.45, 7) is 0.331. The Morgan fingerprint density at radius 1 is 1.26 bits per heavy atom. The van der Waals surface area contributed by atoms with Gasteiger partial charge in [0.1, 0.15) is 11.8 Å². The molecule has 0 bridgehead atoms. The Morgan fingerprint density at radius 3 is 2.74 bits per heavy atom. The Labute approximate surface area is 153 Å². The lowest BCUT2D eigenvalue weighted by Crippen LogP contribution is -2.54. The van der Waals surface area contributed by atoms with Gasteiger partial charge in [-0.15, -0.1) is 0 Å². The van der Waals surface area contributed by atoms with E-state index in [9.17, 15) is 23.5 Å². The smallest absolute Gasteiger partial charge is 0.254 e. The molecule has 0 spiro atoms. The van der Waals surface area contributed by atoms with Crippen LogP contribution in [0.15, 0.2) is 36.5 Å². The molecule has 2 amide bonds. The summed E-state index contributed by atoms with van der Waals surface area (Å²) in [4.78, 5) is 26.9. The molecule has 2 aromatic rings.